The molecule has 5 nitrogen and oxygen atoms in total. The van der Waals surface area contributed by atoms with Crippen molar-refractivity contribution in [3.8, 4) is 5.75 Å². The number of carbonyl (C=O) groups excluding carboxylic acids is 2. The molecule has 0 aliphatic rings. The number of hydrogen-bond acceptors (Lipinski definition) is 4. The summed E-state index contributed by atoms with van der Waals surface area (Å²) in [6, 6.07) is 13.2. The number of carbonyl (C=O) groups is 2. The topological polar surface area (TPSA) is 64.6 Å². The number of para-hydroxylation sites is 1. The smallest absolute Gasteiger partial charge is 0.344 e. The number of anilines is 1. The van der Waals surface area contributed by atoms with Crippen LogP contribution in [0.15, 0.2) is 42.5 Å². The number of hydrogen-bond donors (Lipinski definition) is 1. The quantitative estimate of drug-likeness (QED) is 0.784. The minimum absolute atomic E-state index is 0.228. The maximum Gasteiger partial charge on any atom is 0.344 e. The van der Waals surface area contributed by atoms with Gasteiger partial charge in [-0.15, -0.1) is 0 Å². The minimum atomic E-state index is -0.582. The number of rotatable bonds is 7. The van der Waals surface area contributed by atoms with E-state index in [0.717, 1.165) is 23.1 Å². The summed E-state index contributed by atoms with van der Waals surface area (Å²) in [5, 5.41) is 2.71. The van der Waals surface area contributed by atoms with Crippen molar-refractivity contribution in [2.75, 3.05) is 18.5 Å². The second-order valence-electron chi connectivity index (χ2n) is 5.84. The molecule has 1 N–H and O–H groups in total. The standard InChI is InChI=1S/C20H23NO4/c1-4-16-7-5-6-8-18(16)24-13-20(23)25-12-19(22)21-17-10-14(2)9-15(3)11-17/h5-11H,4,12-13H2,1-3H3,(H,21,22). The van der Waals surface area contributed by atoms with Gasteiger partial charge in [0.15, 0.2) is 13.2 Å². The van der Waals surface area contributed by atoms with Crippen LogP contribution in [0.4, 0.5) is 5.69 Å². The Balaban J connectivity index is 1.78. The molecule has 0 spiro atoms. The molecular formula is C20H23NO4. The average Bonchev–Trinajstić information content (AvgIpc) is 2.57. The second-order valence-corrected chi connectivity index (χ2v) is 5.84. The van der Waals surface area contributed by atoms with Gasteiger partial charge in [-0.1, -0.05) is 31.2 Å². The van der Waals surface area contributed by atoms with Gasteiger partial charge < -0.3 is 14.8 Å². The molecule has 0 aliphatic heterocycles. The third-order valence-electron chi connectivity index (χ3n) is 3.57. The summed E-state index contributed by atoms with van der Waals surface area (Å²) in [7, 11) is 0. The van der Waals surface area contributed by atoms with Crippen LogP contribution in [0, 0.1) is 13.8 Å². The Morgan fingerprint density at radius 1 is 1.00 bits per heavy atom. The van der Waals surface area contributed by atoms with Crippen molar-refractivity contribution in [1.82, 2.24) is 0 Å². The SMILES string of the molecule is CCc1ccccc1OCC(=O)OCC(=O)Nc1cc(C)cc(C)c1. The van der Waals surface area contributed by atoms with Gasteiger partial charge >= 0.3 is 5.97 Å². The zero-order chi connectivity index (χ0) is 18.2. The van der Waals surface area contributed by atoms with E-state index in [0.29, 0.717) is 11.4 Å². The van der Waals surface area contributed by atoms with Crippen molar-refractivity contribution >= 4 is 17.6 Å². The van der Waals surface area contributed by atoms with Crippen molar-refractivity contribution < 1.29 is 19.1 Å². The summed E-state index contributed by atoms with van der Waals surface area (Å²) in [5.41, 5.74) is 3.81. The first-order valence-electron chi connectivity index (χ1n) is 8.22. The molecule has 0 atom stereocenters. The Labute approximate surface area is 148 Å². The first kappa shape index (κ1) is 18.5. The highest BCUT2D eigenvalue weighted by atomic mass is 16.6. The van der Waals surface area contributed by atoms with Gasteiger partial charge in [-0.3, -0.25) is 4.79 Å². The summed E-state index contributed by atoms with van der Waals surface area (Å²) in [4.78, 5) is 23.6. The van der Waals surface area contributed by atoms with Crippen LogP contribution in [0.2, 0.25) is 0 Å². The first-order chi connectivity index (χ1) is 12.0. The van der Waals surface area contributed by atoms with Crippen LogP contribution in [0.1, 0.15) is 23.6 Å². The van der Waals surface area contributed by atoms with Crippen molar-refractivity contribution in [3.63, 3.8) is 0 Å². The number of aryl methyl sites for hydroxylation is 3. The number of benzene rings is 2. The van der Waals surface area contributed by atoms with Gasteiger partial charge in [0, 0.05) is 5.69 Å². The molecule has 2 rings (SSSR count). The Hall–Kier alpha value is -2.82. The zero-order valence-electron chi connectivity index (χ0n) is 14.8. The fourth-order valence-corrected chi connectivity index (χ4v) is 2.51. The maximum atomic E-state index is 11.9. The van der Waals surface area contributed by atoms with Crippen LogP contribution in [0.25, 0.3) is 0 Å². The molecule has 0 heterocycles. The number of nitrogens with one attached hydrogen (secondary N) is 1. The minimum Gasteiger partial charge on any atom is -0.482 e. The van der Waals surface area contributed by atoms with Gasteiger partial charge in [-0.05, 0) is 55.2 Å². The molecule has 1 amide bonds. The van der Waals surface area contributed by atoms with Crippen molar-refractivity contribution in [2.24, 2.45) is 0 Å². The van der Waals surface area contributed by atoms with Gasteiger partial charge in [-0.2, -0.15) is 0 Å². The summed E-state index contributed by atoms with van der Waals surface area (Å²) in [5.74, 6) is -0.310. The lowest BCUT2D eigenvalue weighted by Gasteiger charge is -2.10. The van der Waals surface area contributed by atoms with E-state index in [1.807, 2.05) is 57.2 Å². The summed E-state index contributed by atoms with van der Waals surface area (Å²) < 4.78 is 10.4. The van der Waals surface area contributed by atoms with E-state index in [4.69, 9.17) is 9.47 Å². The van der Waals surface area contributed by atoms with E-state index in [-0.39, 0.29) is 19.1 Å². The lowest BCUT2D eigenvalue weighted by molar-refractivity contribution is -0.149. The lowest BCUT2D eigenvalue weighted by atomic mass is 10.1. The Morgan fingerprint density at radius 3 is 2.36 bits per heavy atom. The molecule has 25 heavy (non-hydrogen) atoms. The first-order valence-corrected chi connectivity index (χ1v) is 8.22. The molecule has 5 heteroatoms. The van der Waals surface area contributed by atoms with Gasteiger partial charge in [0.1, 0.15) is 5.75 Å². The van der Waals surface area contributed by atoms with E-state index < -0.39 is 5.97 Å². The monoisotopic (exact) mass is 341 g/mol. The van der Waals surface area contributed by atoms with E-state index >= 15 is 0 Å². The Morgan fingerprint density at radius 2 is 1.68 bits per heavy atom. The number of ether oxygens (including phenoxy) is 2. The van der Waals surface area contributed by atoms with Crippen molar-refractivity contribution in [2.45, 2.75) is 27.2 Å². The predicted octanol–water partition coefficient (Wildman–Crippen LogP) is 3.43. The van der Waals surface area contributed by atoms with Gasteiger partial charge in [0.2, 0.25) is 0 Å². The number of esters is 1. The highest BCUT2D eigenvalue weighted by Crippen LogP contribution is 2.18. The maximum absolute atomic E-state index is 11.9. The summed E-state index contributed by atoms with van der Waals surface area (Å²) in [6.45, 7) is 5.35. The van der Waals surface area contributed by atoms with E-state index in [1.54, 1.807) is 6.07 Å². The highest BCUT2D eigenvalue weighted by molar-refractivity contribution is 5.93. The van der Waals surface area contributed by atoms with E-state index in [1.165, 1.54) is 0 Å². The fourth-order valence-electron chi connectivity index (χ4n) is 2.51. The normalized spacial score (nSPS) is 10.2. The van der Waals surface area contributed by atoms with Crippen LogP contribution < -0.4 is 10.1 Å². The lowest BCUT2D eigenvalue weighted by Crippen LogP contribution is -2.23. The van der Waals surface area contributed by atoms with Gasteiger partial charge in [0.25, 0.3) is 5.91 Å². The van der Waals surface area contributed by atoms with Crippen LogP contribution in [-0.2, 0) is 20.7 Å². The van der Waals surface area contributed by atoms with E-state index in [2.05, 4.69) is 5.32 Å². The van der Waals surface area contributed by atoms with Crippen LogP contribution in [0.3, 0.4) is 0 Å². The Bertz CT molecular complexity index is 735. The molecule has 132 valence electrons. The Kier molecular flexibility index (Phi) is 6.57. The zero-order valence-corrected chi connectivity index (χ0v) is 14.8. The predicted molar refractivity (Wildman–Crippen MR) is 96.8 cm³/mol. The molecular weight excluding hydrogens is 318 g/mol. The second kappa shape index (κ2) is 8.87. The molecule has 0 fully saturated rings. The summed E-state index contributed by atoms with van der Waals surface area (Å²) >= 11 is 0. The molecule has 0 saturated heterocycles. The van der Waals surface area contributed by atoms with Crippen molar-refractivity contribution in [3.05, 3.63) is 59.2 Å². The third-order valence-corrected chi connectivity index (χ3v) is 3.57. The molecule has 0 aliphatic carbocycles. The fraction of sp³-hybridized carbons (Fsp3) is 0.300. The molecule has 0 unspecified atom stereocenters. The molecule has 0 aromatic heterocycles. The molecule has 0 radical (unpaired) electrons. The average molecular weight is 341 g/mol. The van der Waals surface area contributed by atoms with E-state index in [9.17, 15) is 9.59 Å². The van der Waals surface area contributed by atoms with Gasteiger partial charge in [0.05, 0.1) is 0 Å². The third kappa shape index (κ3) is 5.95. The van der Waals surface area contributed by atoms with Gasteiger partial charge in [-0.25, -0.2) is 4.79 Å². The van der Waals surface area contributed by atoms with Crippen LogP contribution in [0.5, 0.6) is 5.75 Å². The molecule has 2 aromatic carbocycles. The van der Waals surface area contributed by atoms with Crippen molar-refractivity contribution in [1.29, 1.82) is 0 Å². The molecule has 0 saturated carbocycles. The van der Waals surface area contributed by atoms with Crippen LogP contribution >= 0.6 is 0 Å². The molecule has 2 aromatic rings. The number of amides is 1. The van der Waals surface area contributed by atoms with Crippen LogP contribution in [-0.4, -0.2) is 25.1 Å². The summed E-state index contributed by atoms with van der Waals surface area (Å²) in [6.07, 6.45) is 0.809. The molecule has 0 bridgehead atoms. The highest BCUT2D eigenvalue weighted by Gasteiger charge is 2.10. The largest absolute Gasteiger partial charge is 0.482 e.